The van der Waals surface area contributed by atoms with Crippen LogP contribution in [0.2, 0.25) is 0 Å². The number of nitrogens with zero attached hydrogens (tertiary/aromatic N) is 2. The molecule has 1 fully saturated rings. The van der Waals surface area contributed by atoms with Crippen molar-refractivity contribution < 1.29 is 0 Å². The topological polar surface area (TPSA) is 37.8 Å². The lowest BCUT2D eigenvalue weighted by molar-refractivity contribution is 0.559. The van der Waals surface area contributed by atoms with Gasteiger partial charge in [0.1, 0.15) is 5.82 Å². The predicted octanol–water partition coefficient (Wildman–Crippen LogP) is 1.12. The molecule has 1 N–H and O–H groups in total. The maximum Gasteiger partial charge on any atom is 0.128 e. The van der Waals surface area contributed by atoms with E-state index in [1.165, 1.54) is 30.5 Å². The zero-order valence-corrected chi connectivity index (χ0v) is 9.00. The van der Waals surface area contributed by atoms with Gasteiger partial charge >= 0.3 is 0 Å². The minimum Gasteiger partial charge on any atom is -0.316 e. The van der Waals surface area contributed by atoms with E-state index in [0.717, 1.165) is 37.7 Å². The summed E-state index contributed by atoms with van der Waals surface area (Å²) < 4.78 is 0. The molecule has 0 saturated carbocycles. The molecular formula is C12H17N3. The van der Waals surface area contributed by atoms with Crippen LogP contribution < -0.4 is 5.32 Å². The largest absolute Gasteiger partial charge is 0.316 e. The molecule has 3 rings (SSSR count). The molecule has 2 aliphatic rings. The first-order valence-electron chi connectivity index (χ1n) is 5.96. The SMILES string of the molecule is c1nc(CC2CCNC2)nc2c1CCC2. The summed E-state index contributed by atoms with van der Waals surface area (Å²) in [4.78, 5) is 9.15. The molecule has 3 heteroatoms. The van der Waals surface area contributed by atoms with Gasteiger partial charge in [0.05, 0.1) is 0 Å². The molecule has 1 aromatic heterocycles. The molecule has 0 bridgehead atoms. The molecule has 3 nitrogen and oxygen atoms in total. The van der Waals surface area contributed by atoms with E-state index in [2.05, 4.69) is 15.3 Å². The summed E-state index contributed by atoms with van der Waals surface area (Å²) in [7, 11) is 0. The van der Waals surface area contributed by atoms with Gasteiger partial charge in [0.15, 0.2) is 0 Å². The fourth-order valence-electron chi connectivity index (χ4n) is 2.60. The van der Waals surface area contributed by atoms with E-state index in [9.17, 15) is 0 Å². The second kappa shape index (κ2) is 3.89. The lowest BCUT2D eigenvalue weighted by atomic mass is 10.0. The first kappa shape index (κ1) is 9.28. The molecule has 0 spiro atoms. The Morgan fingerprint density at radius 3 is 3.27 bits per heavy atom. The minimum atomic E-state index is 0.754. The van der Waals surface area contributed by atoms with Crippen molar-refractivity contribution in [3.63, 3.8) is 0 Å². The van der Waals surface area contributed by atoms with Crippen molar-refractivity contribution in [3.05, 3.63) is 23.3 Å². The maximum absolute atomic E-state index is 4.68. The lowest BCUT2D eigenvalue weighted by Gasteiger charge is -2.07. The number of aromatic nitrogens is 2. The van der Waals surface area contributed by atoms with Crippen LogP contribution in [0.4, 0.5) is 0 Å². The molecule has 0 amide bonds. The van der Waals surface area contributed by atoms with Crippen LogP contribution in [0.1, 0.15) is 29.9 Å². The number of fused-ring (bicyclic) bond motifs is 1. The molecule has 0 radical (unpaired) electrons. The van der Waals surface area contributed by atoms with Gasteiger partial charge in [-0.25, -0.2) is 9.97 Å². The van der Waals surface area contributed by atoms with Gasteiger partial charge in [-0.15, -0.1) is 0 Å². The zero-order valence-electron chi connectivity index (χ0n) is 9.00. The Morgan fingerprint density at radius 1 is 1.40 bits per heavy atom. The van der Waals surface area contributed by atoms with E-state index in [0.29, 0.717) is 0 Å². The number of nitrogens with one attached hydrogen (secondary N) is 1. The van der Waals surface area contributed by atoms with E-state index in [1.807, 2.05) is 6.20 Å². The molecule has 1 aromatic rings. The van der Waals surface area contributed by atoms with Crippen molar-refractivity contribution in [3.8, 4) is 0 Å². The van der Waals surface area contributed by atoms with Crippen molar-refractivity contribution in [2.24, 2.45) is 5.92 Å². The van der Waals surface area contributed by atoms with Crippen molar-refractivity contribution in [2.75, 3.05) is 13.1 Å². The number of hydrogen-bond donors (Lipinski definition) is 1. The maximum atomic E-state index is 4.68. The first-order valence-corrected chi connectivity index (χ1v) is 5.96. The molecule has 1 aliphatic heterocycles. The number of rotatable bonds is 2. The van der Waals surface area contributed by atoms with Gasteiger partial charge in [-0.2, -0.15) is 0 Å². The summed E-state index contributed by atoms with van der Waals surface area (Å²) in [5.41, 5.74) is 2.69. The molecule has 1 aliphatic carbocycles. The highest BCUT2D eigenvalue weighted by molar-refractivity contribution is 5.22. The van der Waals surface area contributed by atoms with Crippen LogP contribution in [0.25, 0.3) is 0 Å². The van der Waals surface area contributed by atoms with E-state index in [-0.39, 0.29) is 0 Å². The Hall–Kier alpha value is -0.960. The fourth-order valence-corrected chi connectivity index (χ4v) is 2.60. The smallest absolute Gasteiger partial charge is 0.128 e. The third kappa shape index (κ3) is 1.88. The van der Waals surface area contributed by atoms with Crippen molar-refractivity contribution in [1.29, 1.82) is 0 Å². The van der Waals surface area contributed by atoms with E-state index in [1.54, 1.807) is 0 Å². The Kier molecular flexibility index (Phi) is 2.41. The Labute approximate surface area is 90.3 Å². The summed E-state index contributed by atoms with van der Waals surface area (Å²) >= 11 is 0. The third-order valence-corrected chi connectivity index (χ3v) is 3.50. The van der Waals surface area contributed by atoms with Crippen LogP contribution in [-0.4, -0.2) is 23.1 Å². The highest BCUT2D eigenvalue weighted by atomic mass is 14.9. The van der Waals surface area contributed by atoms with Gasteiger partial charge < -0.3 is 5.32 Å². The van der Waals surface area contributed by atoms with Crippen molar-refractivity contribution in [1.82, 2.24) is 15.3 Å². The van der Waals surface area contributed by atoms with Crippen molar-refractivity contribution >= 4 is 0 Å². The molecule has 15 heavy (non-hydrogen) atoms. The van der Waals surface area contributed by atoms with Gasteiger partial charge in [-0.1, -0.05) is 0 Å². The lowest BCUT2D eigenvalue weighted by Crippen LogP contribution is -2.12. The van der Waals surface area contributed by atoms with Crippen LogP contribution >= 0.6 is 0 Å². The van der Waals surface area contributed by atoms with E-state index < -0.39 is 0 Å². The predicted molar refractivity (Wildman–Crippen MR) is 58.7 cm³/mol. The summed E-state index contributed by atoms with van der Waals surface area (Å²) in [5, 5.41) is 3.39. The van der Waals surface area contributed by atoms with E-state index in [4.69, 9.17) is 0 Å². The number of hydrogen-bond acceptors (Lipinski definition) is 3. The van der Waals surface area contributed by atoms with E-state index >= 15 is 0 Å². The molecular weight excluding hydrogens is 186 g/mol. The Morgan fingerprint density at radius 2 is 2.40 bits per heavy atom. The second-order valence-corrected chi connectivity index (χ2v) is 4.67. The van der Waals surface area contributed by atoms with Crippen LogP contribution in [0.3, 0.4) is 0 Å². The minimum absolute atomic E-state index is 0.754. The van der Waals surface area contributed by atoms with Gasteiger partial charge in [-0.3, -0.25) is 0 Å². The summed E-state index contributed by atoms with van der Waals surface area (Å²) in [5.74, 6) is 1.81. The average molecular weight is 203 g/mol. The fraction of sp³-hybridized carbons (Fsp3) is 0.667. The van der Waals surface area contributed by atoms with Crippen LogP contribution in [0, 0.1) is 5.92 Å². The normalized spacial score (nSPS) is 24.4. The monoisotopic (exact) mass is 203 g/mol. The van der Waals surface area contributed by atoms with Gasteiger partial charge in [0.2, 0.25) is 0 Å². The van der Waals surface area contributed by atoms with Gasteiger partial charge in [-0.05, 0) is 50.3 Å². The first-order chi connectivity index (χ1) is 7.42. The number of aryl methyl sites for hydroxylation is 2. The summed E-state index contributed by atoms with van der Waals surface area (Å²) in [6, 6.07) is 0. The average Bonchev–Trinajstić information content (AvgIpc) is 2.87. The van der Waals surface area contributed by atoms with Crippen molar-refractivity contribution in [2.45, 2.75) is 32.1 Å². The van der Waals surface area contributed by atoms with Gasteiger partial charge in [0, 0.05) is 18.3 Å². The molecule has 1 atom stereocenters. The summed E-state index contributed by atoms with van der Waals surface area (Å²) in [6.07, 6.45) is 7.99. The molecule has 1 saturated heterocycles. The van der Waals surface area contributed by atoms with Gasteiger partial charge in [0.25, 0.3) is 0 Å². The molecule has 0 aromatic carbocycles. The quantitative estimate of drug-likeness (QED) is 0.782. The summed E-state index contributed by atoms with van der Waals surface area (Å²) in [6.45, 7) is 2.30. The van der Waals surface area contributed by atoms with Crippen LogP contribution in [0.5, 0.6) is 0 Å². The standard InChI is InChI=1S/C12H17N3/c1-2-10-8-14-12(15-11(10)3-1)6-9-4-5-13-7-9/h8-9,13H,1-7H2. The third-order valence-electron chi connectivity index (χ3n) is 3.50. The van der Waals surface area contributed by atoms with Crippen LogP contribution in [0.15, 0.2) is 6.20 Å². The van der Waals surface area contributed by atoms with Crippen LogP contribution in [-0.2, 0) is 19.3 Å². The molecule has 1 unspecified atom stereocenters. The highest BCUT2D eigenvalue weighted by Crippen LogP contribution is 2.20. The zero-order chi connectivity index (χ0) is 10.1. The Bertz CT molecular complexity index is 356. The molecule has 2 heterocycles. The molecule has 80 valence electrons. The second-order valence-electron chi connectivity index (χ2n) is 4.67. The Balaban J connectivity index is 1.75. The highest BCUT2D eigenvalue weighted by Gasteiger charge is 2.18.